The van der Waals surface area contributed by atoms with Gasteiger partial charge in [0.25, 0.3) is 0 Å². The van der Waals surface area contributed by atoms with Crippen LogP contribution in [0.25, 0.3) is 83.2 Å². The molecule has 2 aliphatic carbocycles. The number of benzene rings is 8. The summed E-state index contributed by atoms with van der Waals surface area (Å²) >= 11 is 0. The Morgan fingerprint density at radius 3 is 2.04 bits per heavy atom. The van der Waals surface area contributed by atoms with Crippen LogP contribution in [0.2, 0.25) is 0 Å². The minimum atomic E-state index is -0.190. The molecule has 3 heterocycles. The van der Waals surface area contributed by atoms with Gasteiger partial charge in [0.15, 0.2) is 7.28 Å². The maximum Gasteiger partial charge on any atom is 0.198 e. The maximum atomic E-state index is 6.75. The Bertz CT molecular complexity index is 3910. The van der Waals surface area contributed by atoms with E-state index in [1.165, 1.54) is 124 Å². The van der Waals surface area contributed by atoms with Crippen molar-refractivity contribution in [2.24, 2.45) is 0 Å². The van der Waals surface area contributed by atoms with Gasteiger partial charge in [-0.3, -0.25) is 0 Å². The smallest absolute Gasteiger partial charge is 0.198 e. The van der Waals surface area contributed by atoms with Crippen LogP contribution in [0.4, 0.5) is 11.4 Å². The lowest BCUT2D eigenvalue weighted by Crippen LogP contribution is -2.37. The second-order valence-electron chi connectivity index (χ2n) is 24.4. The Hall–Kier alpha value is -7.04. The lowest BCUT2D eigenvalue weighted by atomic mass is 9.59. The van der Waals surface area contributed by atoms with Gasteiger partial charge < -0.3 is 14.3 Å². The molecule has 4 heteroatoms. The standard InChI is InChI=1S/C68H65BN2O/c1-12-40-18-16-17-21-45(40)48-35-59-52(30-39(48)2)47-27-26-46(63-64(47)71(59)60-31-42-32-61(41-19-14-13-15-20-41)72-62(42)38-57(60)69-63)51-33-49-50-34-55-56(67(8,9)29-28-66(55,6)7)36-53(50)68(10,11)54(49)37-58(51)70-44-24-22-43(23-25-44)65(3,4)5/h13-27,30-38,69-70H,12,28-29H2,1-11H3. The molecule has 0 saturated heterocycles. The molecule has 0 atom stereocenters. The summed E-state index contributed by atoms with van der Waals surface area (Å²) < 4.78 is 9.35. The van der Waals surface area contributed by atoms with Crippen molar-refractivity contribution >= 4 is 62.4 Å². The zero-order valence-corrected chi connectivity index (χ0v) is 44.0. The summed E-state index contributed by atoms with van der Waals surface area (Å²) in [6.07, 6.45) is 3.36. The van der Waals surface area contributed by atoms with Gasteiger partial charge in [0, 0.05) is 55.3 Å². The topological polar surface area (TPSA) is 30.1 Å². The predicted molar refractivity (Wildman–Crippen MR) is 309 cm³/mol. The molecular formula is C68H65BN2O. The van der Waals surface area contributed by atoms with E-state index < -0.39 is 0 Å². The molecule has 0 saturated carbocycles. The first-order chi connectivity index (χ1) is 34.4. The molecule has 0 fully saturated rings. The van der Waals surface area contributed by atoms with E-state index in [2.05, 4.69) is 232 Å². The minimum absolute atomic E-state index is 0.0607. The minimum Gasteiger partial charge on any atom is -0.456 e. The molecule has 13 rings (SSSR count). The molecule has 1 aliphatic heterocycles. The third-order valence-corrected chi connectivity index (χ3v) is 17.6. The Morgan fingerprint density at radius 2 is 1.31 bits per heavy atom. The molecule has 0 bridgehead atoms. The van der Waals surface area contributed by atoms with Crippen molar-refractivity contribution in [1.29, 1.82) is 0 Å². The van der Waals surface area contributed by atoms with Crippen molar-refractivity contribution in [2.45, 2.75) is 117 Å². The van der Waals surface area contributed by atoms with E-state index in [4.69, 9.17) is 4.42 Å². The zero-order valence-electron chi connectivity index (χ0n) is 44.0. The highest BCUT2D eigenvalue weighted by atomic mass is 16.3. The van der Waals surface area contributed by atoms with Crippen molar-refractivity contribution in [3.63, 3.8) is 0 Å². The lowest BCUT2D eigenvalue weighted by molar-refractivity contribution is 0.331. The van der Waals surface area contributed by atoms with Crippen molar-refractivity contribution in [2.75, 3.05) is 5.32 Å². The number of furan rings is 1. The Balaban J connectivity index is 1.09. The van der Waals surface area contributed by atoms with Crippen LogP contribution in [0.3, 0.4) is 0 Å². The van der Waals surface area contributed by atoms with Crippen LogP contribution in [0, 0.1) is 6.92 Å². The predicted octanol–water partition coefficient (Wildman–Crippen LogP) is 16.8. The lowest BCUT2D eigenvalue weighted by Gasteiger charge is -2.42. The summed E-state index contributed by atoms with van der Waals surface area (Å²) in [6, 6.07) is 55.6. The van der Waals surface area contributed by atoms with E-state index in [-0.39, 0.29) is 21.7 Å². The quantitative estimate of drug-likeness (QED) is 0.168. The third-order valence-electron chi connectivity index (χ3n) is 17.6. The number of rotatable bonds is 6. The molecule has 3 nitrogen and oxygen atoms in total. The van der Waals surface area contributed by atoms with E-state index in [1.54, 1.807) is 0 Å². The monoisotopic (exact) mass is 937 g/mol. The van der Waals surface area contributed by atoms with E-state index in [1.807, 2.05) is 0 Å². The number of aromatic nitrogens is 1. The second kappa shape index (κ2) is 15.5. The first-order valence-corrected chi connectivity index (χ1v) is 26.5. The maximum absolute atomic E-state index is 6.75. The Morgan fingerprint density at radius 1 is 0.611 bits per heavy atom. The number of aryl methyl sites for hydroxylation is 2. The number of fused-ring (bicyclic) bond motifs is 10. The second-order valence-corrected chi connectivity index (χ2v) is 24.4. The van der Waals surface area contributed by atoms with Crippen LogP contribution >= 0.6 is 0 Å². The molecule has 8 aromatic carbocycles. The molecule has 3 aliphatic rings. The highest BCUT2D eigenvalue weighted by Crippen LogP contribution is 2.56. The fourth-order valence-electron chi connectivity index (χ4n) is 13.2. The molecule has 10 aromatic rings. The number of hydrogen-bond donors (Lipinski definition) is 1. The first-order valence-electron chi connectivity index (χ1n) is 26.5. The number of nitrogens with zero attached hydrogens (tertiary/aromatic N) is 1. The van der Waals surface area contributed by atoms with Crippen LogP contribution in [-0.4, -0.2) is 11.8 Å². The van der Waals surface area contributed by atoms with Crippen molar-refractivity contribution < 1.29 is 4.42 Å². The summed E-state index contributed by atoms with van der Waals surface area (Å²) in [5.41, 5.74) is 28.4. The molecule has 1 N–H and O–H groups in total. The van der Waals surface area contributed by atoms with E-state index in [0.29, 0.717) is 0 Å². The van der Waals surface area contributed by atoms with Crippen LogP contribution < -0.4 is 16.2 Å². The van der Waals surface area contributed by atoms with Crippen LogP contribution in [0.1, 0.15) is 121 Å². The van der Waals surface area contributed by atoms with Gasteiger partial charge in [-0.05, 0) is 175 Å². The van der Waals surface area contributed by atoms with Gasteiger partial charge in [-0.1, -0.05) is 160 Å². The molecule has 0 spiro atoms. The Labute approximate surface area is 426 Å². The van der Waals surface area contributed by atoms with E-state index in [9.17, 15) is 0 Å². The van der Waals surface area contributed by atoms with Gasteiger partial charge in [-0.2, -0.15) is 0 Å². The van der Waals surface area contributed by atoms with Gasteiger partial charge in [0.2, 0.25) is 0 Å². The normalized spacial score (nSPS) is 15.8. The summed E-state index contributed by atoms with van der Waals surface area (Å²) in [6.45, 7) is 26.2. The molecule has 0 radical (unpaired) electrons. The molecule has 0 amide bonds. The van der Waals surface area contributed by atoms with Crippen molar-refractivity contribution in [1.82, 2.24) is 4.57 Å². The van der Waals surface area contributed by atoms with Gasteiger partial charge in [-0.15, -0.1) is 0 Å². The van der Waals surface area contributed by atoms with Crippen LogP contribution in [0.5, 0.6) is 0 Å². The first kappa shape index (κ1) is 44.9. The molecule has 2 aromatic heterocycles. The van der Waals surface area contributed by atoms with E-state index >= 15 is 0 Å². The largest absolute Gasteiger partial charge is 0.456 e. The SMILES string of the molecule is CCc1ccccc1-c1cc2c(cc1C)c1ccc(-c3cc4c(cc3Nc3ccc(C(C)(C)C)cc3)C(C)(C)c3cc5c(cc3-4)C(C)(C)CCC5(C)C)c3c1n2-c1cc2cc(-c4ccccc4)oc2cc1B3. The van der Waals surface area contributed by atoms with Gasteiger partial charge in [0.1, 0.15) is 11.3 Å². The highest BCUT2D eigenvalue weighted by Gasteiger charge is 2.43. The summed E-state index contributed by atoms with van der Waals surface area (Å²) in [5.74, 6) is 0.892. The van der Waals surface area contributed by atoms with Crippen LogP contribution in [0.15, 0.2) is 150 Å². The summed E-state index contributed by atoms with van der Waals surface area (Å²) in [5, 5.41) is 7.76. The number of anilines is 2. The fraction of sp³-hybridized carbons (Fsp3) is 0.265. The van der Waals surface area contributed by atoms with Gasteiger partial charge >= 0.3 is 0 Å². The van der Waals surface area contributed by atoms with E-state index in [0.717, 1.165) is 47.4 Å². The van der Waals surface area contributed by atoms with Crippen molar-refractivity contribution in [3.05, 3.63) is 185 Å². The zero-order chi connectivity index (χ0) is 49.8. The van der Waals surface area contributed by atoms with Gasteiger partial charge in [0.05, 0.1) is 5.52 Å². The number of hydrogen-bond acceptors (Lipinski definition) is 2. The Kier molecular flexibility index (Phi) is 9.65. The highest BCUT2D eigenvalue weighted by molar-refractivity contribution is 6.73. The molecule has 0 unspecified atom stereocenters. The molecule has 356 valence electrons. The summed E-state index contributed by atoms with van der Waals surface area (Å²) in [7, 11) is 0.774. The molecular weight excluding hydrogens is 872 g/mol. The van der Waals surface area contributed by atoms with Gasteiger partial charge in [-0.25, -0.2) is 0 Å². The average molecular weight is 937 g/mol. The third kappa shape index (κ3) is 6.70. The van der Waals surface area contributed by atoms with Crippen molar-refractivity contribution in [3.8, 4) is 50.4 Å². The van der Waals surface area contributed by atoms with Crippen LogP contribution in [-0.2, 0) is 28.1 Å². The number of nitrogens with one attached hydrogen (secondary N) is 1. The fourth-order valence-corrected chi connectivity index (χ4v) is 13.2. The average Bonchev–Trinajstić information content (AvgIpc) is 3.99. The molecule has 72 heavy (non-hydrogen) atoms. The summed E-state index contributed by atoms with van der Waals surface area (Å²) in [4.78, 5) is 0.